The highest BCUT2D eigenvalue weighted by Crippen LogP contribution is 2.04. The van der Waals surface area contributed by atoms with Crippen LogP contribution in [0, 0.1) is 0 Å². The SMILES string of the molecule is C=C(CC(=O)OC(C)O)C(=O)OCCN(CC)CC. The summed E-state index contributed by atoms with van der Waals surface area (Å²) in [5.74, 6) is -1.32. The van der Waals surface area contributed by atoms with Gasteiger partial charge in [0.25, 0.3) is 0 Å². The van der Waals surface area contributed by atoms with Crippen LogP contribution in [0.3, 0.4) is 0 Å². The number of rotatable bonds is 9. The fourth-order valence-electron chi connectivity index (χ4n) is 1.39. The highest BCUT2D eigenvalue weighted by atomic mass is 16.6. The van der Waals surface area contributed by atoms with E-state index in [0.717, 1.165) is 13.1 Å². The van der Waals surface area contributed by atoms with Crippen LogP contribution in [0.1, 0.15) is 27.2 Å². The number of hydrogen-bond acceptors (Lipinski definition) is 6. The third-order valence-electron chi connectivity index (χ3n) is 2.48. The van der Waals surface area contributed by atoms with Crippen molar-refractivity contribution < 1.29 is 24.2 Å². The van der Waals surface area contributed by atoms with Crippen LogP contribution < -0.4 is 0 Å². The summed E-state index contributed by atoms with van der Waals surface area (Å²) < 4.78 is 9.48. The van der Waals surface area contributed by atoms with E-state index in [1.165, 1.54) is 6.92 Å². The molecule has 6 nitrogen and oxygen atoms in total. The van der Waals surface area contributed by atoms with Crippen molar-refractivity contribution in [2.45, 2.75) is 33.5 Å². The number of nitrogens with zero attached hydrogens (tertiary/aromatic N) is 1. The van der Waals surface area contributed by atoms with Gasteiger partial charge in [-0.1, -0.05) is 20.4 Å². The van der Waals surface area contributed by atoms with Gasteiger partial charge in [-0.25, -0.2) is 4.79 Å². The minimum absolute atomic E-state index is 0.0187. The molecular weight excluding hydrogens is 250 g/mol. The number of aliphatic hydroxyl groups is 1. The van der Waals surface area contributed by atoms with Crippen LogP contribution >= 0.6 is 0 Å². The van der Waals surface area contributed by atoms with Gasteiger partial charge in [0.15, 0.2) is 6.29 Å². The van der Waals surface area contributed by atoms with Crippen LogP contribution in [0.2, 0.25) is 0 Å². The van der Waals surface area contributed by atoms with Crippen LogP contribution in [0.15, 0.2) is 12.2 Å². The molecule has 0 aliphatic carbocycles. The van der Waals surface area contributed by atoms with Crippen LogP contribution in [-0.2, 0) is 19.1 Å². The van der Waals surface area contributed by atoms with Gasteiger partial charge >= 0.3 is 11.9 Å². The zero-order valence-electron chi connectivity index (χ0n) is 11.8. The maximum Gasteiger partial charge on any atom is 0.334 e. The van der Waals surface area contributed by atoms with Gasteiger partial charge in [-0.15, -0.1) is 0 Å². The Labute approximate surface area is 114 Å². The topological polar surface area (TPSA) is 76.1 Å². The van der Waals surface area contributed by atoms with Crippen LogP contribution in [-0.4, -0.2) is 54.5 Å². The minimum atomic E-state index is -1.20. The van der Waals surface area contributed by atoms with Gasteiger partial charge in [0.05, 0.1) is 6.42 Å². The van der Waals surface area contributed by atoms with E-state index >= 15 is 0 Å². The Morgan fingerprint density at radius 3 is 2.37 bits per heavy atom. The van der Waals surface area contributed by atoms with Crippen molar-refractivity contribution in [3.8, 4) is 0 Å². The molecule has 6 heteroatoms. The number of hydrogen-bond donors (Lipinski definition) is 1. The lowest BCUT2D eigenvalue weighted by Gasteiger charge is -2.17. The first-order valence-corrected chi connectivity index (χ1v) is 6.35. The lowest BCUT2D eigenvalue weighted by atomic mass is 10.2. The normalized spacial score (nSPS) is 12.1. The van der Waals surface area contributed by atoms with E-state index in [2.05, 4.69) is 16.2 Å². The Morgan fingerprint density at radius 2 is 1.89 bits per heavy atom. The monoisotopic (exact) mass is 273 g/mol. The highest BCUT2D eigenvalue weighted by molar-refractivity contribution is 5.93. The van der Waals surface area contributed by atoms with E-state index in [0.29, 0.717) is 6.54 Å². The van der Waals surface area contributed by atoms with E-state index < -0.39 is 18.2 Å². The number of aliphatic hydroxyl groups excluding tert-OH is 1. The van der Waals surface area contributed by atoms with Crippen molar-refractivity contribution in [1.82, 2.24) is 4.90 Å². The summed E-state index contributed by atoms with van der Waals surface area (Å²) in [4.78, 5) is 24.8. The Bertz CT molecular complexity index is 310. The Hall–Kier alpha value is -1.40. The van der Waals surface area contributed by atoms with Crippen LogP contribution in [0.25, 0.3) is 0 Å². The first kappa shape index (κ1) is 17.6. The smallest absolute Gasteiger partial charge is 0.334 e. The molecule has 0 saturated heterocycles. The molecular formula is C13H23NO5. The molecule has 0 aliphatic rings. The molecule has 0 heterocycles. The number of esters is 2. The van der Waals surface area contributed by atoms with Crippen LogP contribution in [0.4, 0.5) is 0 Å². The van der Waals surface area contributed by atoms with Gasteiger partial charge in [0.2, 0.25) is 0 Å². The highest BCUT2D eigenvalue weighted by Gasteiger charge is 2.15. The van der Waals surface area contributed by atoms with Gasteiger partial charge in [-0.05, 0) is 20.0 Å². The van der Waals surface area contributed by atoms with Crippen molar-refractivity contribution in [1.29, 1.82) is 0 Å². The molecule has 0 aromatic rings. The van der Waals surface area contributed by atoms with Gasteiger partial charge in [-0.2, -0.15) is 0 Å². The standard InChI is InChI=1S/C13H23NO5/c1-5-14(6-2)7-8-18-13(17)10(3)9-12(16)19-11(4)15/h11,15H,3,5-9H2,1-2,4H3. The first-order chi connectivity index (χ1) is 8.90. The van der Waals surface area contributed by atoms with Crippen molar-refractivity contribution >= 4 is 11.9 Å². The van der Waals surface area contributed by atoms with Crippen LogP contribution in [0.5, 0.6) is 0 Å². The molecule has 0 saturated carbocycles. The number of carbonyl (C=O) groups is 2. The molecule has 0 spiro atoms. The summed E-state index contributed by atoms with van der Waals surface area (Å²) in [5, 5.41) is 8.84. The average Bonchev–Trinajstić information content (AvgIpc) is 2.33. The van der Waals surface area contributed by atoms with Gasteiger partial charge < -0.3 is 19.5 Å². The molecule has 1 atom stereocenters. The largest absolute Gasteiger partial charge is 0.461 e. The summed E-state index contributed by atoms with van der Waals surface area (Å²) in [6.45, 7) is 11.5. The maximum absolute atomic E-state index is 11.5. The molecule has 0 bridgehead atoms. The van der Waals surface area contributed by atoms with E-state index in [1.807, 2.05) is 13.8 Å². The first-order valence-electron chi connectivity index (χ1n) is 6.35. The second-order valence-corrected chi connectivity index (χ2v) is 4.03. The summed E-state index contributed by atoms with van der Waals surface area (Å²) in [6.07, 6.45) is -1.48. The Balaban J connectivity index is 3.94. The van der Waals surface area contributed by atoms with Gasteiger partial charge in [0, 0.05) is 12.1 Å². The van der Waals surface area contributed by atoms with E-state index in [4.69, 9.17) is 9.84 Å². The second kappa shape index (κ2) is 9.52. The zero-order valence-corrected chi connectivity index (χ0v) is 11.8. The molecule has 1 unspecified atom stereocenters. The fraction of sp³-hybridized carbons (Fsp3) is 0.692. The summed E-state index contributed by atoms with van der Waals surface area (Å²) in [5.41, 5.74) is 0.0187. The molecule has 19 heavy (non-hydrogen) atoms. The molecule has 0 aromatic heterocycles. The Kier molecular flexibility index (Phi) is 8.82. The molecule has 0 amide bonds. The summed E-state index contributed by atoms with van der Waals surface area (Å²) in [6, 6.07) is 0. The summed E-state index contributed by atoms with van der Waals surface area (Å²) in [7, 11) is 0. The van der Waals surface area contributed by atoms with Gasteiger partial charge in [-0.3, -0.25) is 4.79 Å². The molecule has 110 valence electrons. The van der Waals surface area contributed by atoms with Gasteiger partial charge in [0.1, 0.15) is 6.61 Å². The second-order valence-electron chi connectivity index (χ2n) is 4.03. The molecule has 0 rings (SSSR count). The van der Waals surface area contributed by atoms with E-state index in [-0.39, 0.29) is 18.6 Å². The van der Waals surface area contributed by atoms with Crippen molar-refractivity contribution in [3.63, 3.8) is 0 Å². The lowest BCUT2D eigenvalue weighted by Crippen LogP contribution is -2.28. The number of carbonyl (C=O) groups excluding carboxylic acids is 2. The number of likely N-dealkylation sites (N-methyl/N-ethyl adjacent to an activating group) is 1. The minimum Gasteiger partial charge on any atom is -0.461 e. The fourth-order valence-corrected chi connectivity index (χ4v) is 1.39. The van der Waals surface area contributed by atoms with Crippen molar-refractivity contribution in [3.05, 3.63) is 12.2 Å². The molecule has 0 radical (unpaired) electrons. The molecule has 0 aliphatic heterocycles. The van der Waals surface area contributed by atoms with E-state index in [1.54, 1.807) is 0 Å². The Morgan fingerprint density at radius 1 is 1.32 bits per heavy atom. The lowest BCUT2D eigenvalue weighted by molar-refractivity contribution is -0.164. The maximum atomic E-state index is 11.5. The average molecular weight is 273 g/mol. The van der Waals surface area contributed by atoms with E-state index in [9.17, 15) is 9.59 Å². The molecule has 1 N–H and O–H groups in total. The third kappa shape index (κ3) is 8.34. The zero-order chi connectivity index (χ0) is 14.8. The predicted molar refractivity (Wildman–Crippen MR) is 70.3 cm³/mol. The summed E-state index contributed by atoms with van der Waals surface area (Å²) >= 11 is 0. The number of ether oxygens (including phenoxy) is 2. The third-order valence-corrected chi connectivity index (χ3v) is 2.48. The quantitative estimate of drug-likeness (QED) is 0.378. The van der Waals surface area contributed by atoms with Crippen molar-refractivity contribution in [2.75, 3.05) is 26.2 Å². The molecule has 0 aromatic carbocycles. The molecule has 0 fully saturated rings. The predicted octanol–water partition coefficient (Wildman–Crippen LogP) is 0.699. The van der Waals surface area contributed by atoms with Crippen molar-refractivity contribution in [2.24, 2.45) is 0 Å².